The van der Waals surface area contributed by atoms with Crippen LogP contribution in [0.1, 0.15) is 23.5 Å². The zero-order chi connectivity index (χ0) is 25.2. The van der Waals surface area contributed by atoms with Gasteiger partial charge in [-0.15, -0.1) is 0 Å². The molecule has 0 aliphatic carbocycles. The van der Waals surface area contributed by atoms with Crippen molar-refractivity contribution in [3.63, 3.8) is 0 Å². The van der Waals surface area contributed by atoms with Gasteiger partial charge in [0.25, 0.3) is 0 Å². The van der Waals surface area contributed by atoms with Crippen molar-refractivity contribution in [3.8, 4) is 22.8 Å². The monoisotopic (exact) mass is 523 g/mol. The molecule has 1 aliphatic rings. The summed E-state index contributed by atoms with van der Waals surface area (Å²) in [5.74, 6) is 3.06. The topological polar surface area (TPSA) is 50.5 Å². The summed E-state index contributed by atoms with van der Waals surface area (Å²) < 4.78 is 12.4. The highest BCUT2D eigenvalue weighted by molar-refractivity contribution is 7.80. The SMILES string of the molecule is S=C1N[C@H](c2ccccn2)[C@@H](c2ccc(-c3ccc(Cl)cc3)o2)N1c1ccc(Oc2ccccc2)cc1. The number of aromatic nitrogens is 1. The average molecular weight is 524 g/mol. The molecule has 3 aromatic carbocycles. The number of benzene rings is 3. The Morgan fingerprint density at radius 3 is 2.27 bits per heavy atom. The normalized spacial score (nSPS) is 17.0. The summed E-state index contributed by atoms with van der Waals surface area (Å²) >= 11 is 11.9. The second-order valence-corrected chi connectivity index (χ2v) is 9.44. The Labute approximate surface area is 225 Å². The zero-order valence-electron chi connectivity index (χ0n) is 19.6. The Morgan fingerprint density at radius 2 is 1.54 bits per heavy atom. The number of nitrogens with zero attached hydrogens (tertiary/aromatic N) is 2. The van der Waals surface area contributed by atoms with E-state index in [9.17, 15) is 0 Å². The Hall–Kier alpha value is -4.13. The quantitative estimate of drug-likeness (QED) is 0.228. The van der Waals surface area contributed by atoms with E-state index in [1.807, 2.05) is 109 Å². The summed E-state index contributed by atoms with van der Waals surface area (Å²) in [6, 6.07) is 34.6. The maximum absolute atomic E-state index is 6.41. The van der Waals surface area contributed by atoms with Crippen molar-refractivity contribution in [1.82, 2.24) is 10.3 Å². The molecule has 0 amide bonds. The van der Waals surface area contributed by atoms with Gasteiger partial charge in [0.05, 0.1) is 11.7 Å². The van der Waals surface area contributed by atoms with Gasteiger partial charge < -0.3 is 19.4 Å². The zero-order valence-corrected chi connectivity index (χ0v) is 21.2. The van der Waals surface area contributed by atoms with E-state index in [-0.39, 0.29) is 12.1 Å². The van der Waals surface area contributed by atoms with Crippen LogP contribution < -0.4 is 15.0 Å². The molecule has 0 unspecified atom stereocenters. The predicted molar refractivity (Wildman–Crippen MR) is 150 cm³/mol. The summed E-state index contributed by atoms with van der Waals surface area (Å²) in [5.41, 5.74) is 2.75. The molecule has 1 N–H and O–H groups in total. The van der Waals surface area contributed by atoms with Gasteiger partial charge in [0.2, 0.25) is 0 Å². The second kappa shape index (κ2) is 10.1. The van der Waals surface area contributed by atoms with E-state index in [1.54, 1.807) is 6.20 Å². The van der Waals surface area contributed by atoms with Gasteiger partial charge in [-0.25, -0.2) is 0 Å². The highest BCUT2D eigenvalue weighted by Gasteiger charge is 2.42. The van der Waals surface area contributed by atoms with Gasteiger partial charge in [-0.05, 0) is 97.1 Å². The fourth-order valence-corrected chi connectivity index (χ4v) is 4.97. The molecule has 0 radical (unpaired) electrons. The number of nitrogens with one attached hydrogen (secondary N) is 1. The number of furan rings is 1. The Balaban J connectivity index is 1.35. The highest BCUT2D eigenvalue weighted by Crippen LogP contribution is 2.43. The third kappa shape index (κ3) is 4.81. The van der Waals surface area contributed by atoms with E-state index in [1.165, 1.54) is 0 Å². The van der Waals surface area contributed by atoms with Crippen LogP contribution in [-0.2, 0) is 0 Å². The molecule has 37 heavy (non-hydrogen) atoms. The number of halogens is 1. The van der Waals surface area contributed by atoms with Crippen molar-refractivity contribution in [3.05, 3.63) is 132 Å². The lowest BCUT2D eigenvalue weighted by Crippen LogP contribution is -2.29. The minimum Gasteiger partial charge on any atom is -0.459 e. The van der Waals surface area contributed by atoms with E-state index in [2.05, 4.69) is 15.2 Å². The summed E-state index contributed by atoms with van der Waals surface area (Å²) in [6.07, 6.45) is 1.79. The molecule has 2 aromatic heterocycles. The largest absolute Gasteiger partial charge is 0.459 e. The Morgan fingerprint density at radius 1 is 0.811 bits per heavy atom. The number of hydrogen-bond acceptors (Lipinski definition) is 4. The first-order chi connectivity index (χ1) is 18.2. The summed E-state index contributed by atoms with van der Waals surface area (Å²) in [4.78, 5) is 6.68. The first kappa shape index (κ1) is 23.3. The van der Waals surface area contributed by atoms with E-state index in [4.69, 9.17) is 33.0 Å². The van der Waals surface area contributed by atoms with Crippen molar-refractivity contribution >= 4 is 34.6 Å². The molecule has 5 aromatic rings. The molecule has 5 nitrogen and oxygen atoms in total. The predicted octanol–water partition coefficient (Wildman–Crippen LogP) is 7.96. The van der Waals surface area contributed by atoms with Crippen LogP contribution in [0.2, 0.25) is 5.02 Å². The smallest absolute Gasteiger partial charge is 0.174 e. The number of anilines is 1. The lowest BCUT2D eigenvalue weighted by atomic mass is 10.0. The Kier molecular flexibility index (Phi) is 6.35. The molecule has 1 saturated heterocycles. The summed E-state index contributed by atoms with van der Waals surface area (Å²) in [6.45, 7) is 0. The van der Waals surface area contributed by atoms with Crippen molar-refractivity contribution < 1.29 is 9.15 Å². The minimum absolute atomic E-state index is 0.196. The standard InChI is InChI=1S/C30H22ClN3O2S/c31-21-11-9-20(10-12-21)26-17-18-27(36-26)29-28(25-8-4-5-19-32-25)33-30(37)34(29)22-13-15-24(16-14-22)35-23-6-2-1-3-7-23/h1-19,28-29H,(H,33,37)/t28-,29-/m1/s1. The van der Waals surface area contributed by atoms with Crippen LogP contribution in [0, 0.1) is 0 Å². The van der Waals surface area contributed by atoms with Crippen molar-refractivity contribution in [2.24, 2.45) is 0 Å². The highest BCUT2D eigenvalue weighted by atomic mass is 35.5. The van der Waals surface area contributed by atoms with Crippen LogP contribution in [0.3, 0.4) is 0 Å². The average Bonchev–Trinajstić information content (AvgIpc) is 3.55. The van der Waals surface area contributed by atoms with Gasteiger partial charge >= 0.3 is 0 Å². The molecule has 0 bridgehead atoms. The lowest BCUT2D eigenvalue weighted by molar-refractivity contribution is 0.439. The Bertz CT molecular complexity index is 1510. The van der Waals surface area contributed by atoms with Crippen LogP contribution in [0.4, 0.5) is 5.69 Å². The van der Waals surface area contributed by atoms with Crippen molar-refractivity contribution in [2.75, 3.05) is 4.90 Å². The molecule has 0 saturated carbocycles. The molecule has 3 heterocycles. The maximum Gasteiger partial charge on any atom is 0.174 e. The third-order valence-corrected chi connectivity index (χ3v) is 6.81. The van der Waals surface area contributed by atoms with Crippen molar-refractivity contribution in [2.45, 2.75) is 12.1 Å². The second-order valence-electron chi connectivity index (χ2n) is 8.61. The molecule has 7 heteroatoms. The van der Waals surface area contributed by atoms with Crippen LogP contribution >= 0.6 is 23.8 Å². The van der Waals surface area contributed by atoms with Crippen LogP contribution in [-0.4, -0.2) is 10.1 Å². The van der Waals surface area contributed by atoms with E-state index in [0.29, 0.717) is 10.1 Å². The third-order valence-electron chi connectivity index (χ3n) is 6.24. The first-order valence-electron chi connectivity index (χ1n) is 11.8. The van der Waals surface area contributed by atoms with Crippen molar-refractivity contribution in [1.29, 1.82) is 0 Å². The van der Waals surface area contributed by atoms with Crippen LogP contribution in [0.15, 0.2) is 120 Å². The molecular weight excluding hydrogens is 502 g/mol. The van der Waals surface area contributed by atoms with Gasteiger partial charge in [0, 0.05) is 22.5 Å². The van der Waals surface area contributed by atoms with Crippen LogP contribution in [0.5, 0.6) is 11.5 Å². The summed E-state index contributed by atoms with van der Waals surface area (Å²) in [5, 5.41) is 4.75. The molecule has 6 rings (SSSR count). The number of pyridine rings is 1. The number of hydrogen-bond donors (Lipinski definition) is 1. The molecule has 2 atom stereocenters. The molecule has 182 valence electrons. The maximum atomic E-state index is 6.41. The molecule has 1 aliphatic heterocycles. The fraction of sp³-hybridized carbons (Fsp3) is 0.0667. The molecular formula is C30H22ClN3O2S. The van der Waals surface area contributed by atoms with E-state index in [0.717, 1.165) is 40.0 Å². The first-order valence-corrected chi connectivity index (χ1v) is 12.6. The van der Waals surface area contributed by atoms with Gasteiger partial charge in [0.15, 0.2) is 5.11 Å². The number of thiocarbonyl (C=S) groups is 1. The van der Waals surface area contributed by atoms with E-state index >= 15 is 0 Å². The fourth-order valence-electron chi connectivity index (χ4n) is 4.50. The summed E-state index contributed by atoms with van der Waals surface area (Å²) in [7, 11) is 0. The van der Waals surface area contributed by atoms with Gasteiger partial charge in [0.1, 0.15) is 29.1 Å². The number of rotatable bonds is 6. The molecule has 0 spiro atoms. The van der Waals surface area contributed by atoms with Gasteiger partial charge in [-0.2, -0.15) is 0 Å². The molecule has 1 fully saturated rings. The number of ether oxygens (including phenoxy) is 1. The van der Waals surface area contributed by atoms with Crippen LogP contribution in [0.25, 0.3) is 11.3 Å². The van der Waals surface area contributed by atoms with Gasteiger partial charge in [-0.3, -0.25) is 4.98 Å². The number of para-hydroxylation sites is 1. The van der Waals surface area contributed by atoms with Gasteiger partial charge in [-0.1, -0.05) is 35.9 Å². The minimum atomic E-state index is -0.246. The van der Waals surface area contributed by atoms with E-state index < -0.39 is 0 Å². The lowest BCUT2D eigenvalue weighted by Gasteiger charge is -2.26.